The van der Waals surface area contributed by atoms with Gasteiger partial charge < -0.3 is 15.3 Å². The number of nitrogens with one attached hydrogen (secondary N) is 1. The summed E-state index contributed by atoms with van der Waals surface area (Å²) in [5.41, 5.74) is -1.35. The predicted molar refractivity (Wildman–Crippen MR) is 71.4 cm³/mol. The summed E-state index contributed by atoms with van der Waals surface area (Å²) >= 11 is 0. The second-order valence-electron chi connectivity index (χ2n) is 5.47. The first-order valence-electron chi connectivity index (χ1n) is 6.41. The van der Waals surface area contributed by atoms with E-state index in [4.69, 9.17) is 5.11 Å². The Hall–Kier alpha value is -1.10. The van der Waals surface area contributed by atoms with Gasteiger partial charge in [-0.1, -0.05) is 0 Å². The molecule has 0 spiro atoms. The van der Waals surface area contributed by atoms with Crippen LogP contribution in [0.3, 0.4) is 0 Å². The minimum atomic E-state index is -1.35. The number of carboxylic acids is 1. The van der Waals surface area contributed by atoms with Gasteiger partial charge in [-0.05, 0) is 54.1 Å². The number of hydrogen-bond acceptors (Lipinski definition) is 3. The maximum Gasteiger partial charge on any atom is 0.318 e. The monoisotopic (exact) mass is 258 g/mol. The van der Waals surface area contributed by atoms with Crippen molar-refractivity contribution in [2.24, 2.45) is 5.41 Å². The molecule has 0 aliphatic rings. The summed E-state index contributed by atoms with van der Waals surface area (Å²) in [5, 5.41) is 11.5. The van der Waals surface area contributed by atoms with Crippen LogP contribution in [-0.4, -0.2) is 48.1 Å². The third kappa shape index (κ3) is 5.49. The lowest BCUT2D eigenvalue weighted by Crippen LogP contribution is -2.42. The molecule has 18 heavy (non-hydrogen) atoms. The molecule has 0 aromatic carbocycles. The van der Waals surface area contributed by atoms with Crippen molar-refractivity contribution in [3.8, 4) is 0 Å². The summed E-state index contributed by atoms with van der Waals surface area (Å²) in [6.07, 6.45) is 1.85. The summed E-state index contributed by atoms with van der Waals surface area (Å²) in [5.74, 6) is -1.52. The molecule has 0 rings (SSSR count). The van der Waals surface area contributed by atoms with Gasteiger partial charge in [0.1, 0.15) is 5.41 Å². The Morgan fingerprint density at radius 1 is 1.28 bits per heavy atom. The van der Waals surface area contributed by atoms with Crippen LogP contribution >= 0.6 is 0 Å². The van der Waals surface area contributed by atoms with E-state index in [9.17, 15) is 9.59 Å². The Kier molecular flexibility index (Phi) is 6.91. The number of nitrogens with zero attached hydrogens (tertiary/aromatic N) is 1. The largest absolute Gasteiger partial charge is 0.480 e. The third-order valence-corrected chi connectivity index (χ3v) is 3.21. The molecule has 1 amide bonds. The van der Waals surface area contributed by atoms with E-state index < -0.39 is 17.3 Å². The standard InChI is InChI=1S/C13H26N2O3/c1-10(2)15(5)9-7-6-8-14-11(16)13(3,4)12(17)18/h10H,6-9H2,1-5H3,(H,14,16)(H,17,18). The van der Waals surface area contributed by atoms with Crippen molar-refractivity contribution in [2.75, 3.05) is 20.1 Å². The van der Waals surface area contributed by atoms with Gasteiger partial charge in [0.15, 0.2) is 0 Å². The Morgan fingerprint density at radius 2 is 1.83 bits per heavy atom. The molecule has 0 fully saturated rings. The molecule has 0 atom stereocenters. The normalized spacial score (nSPS) is 11.9. The van der Waals surface area contributed by atoms with Crippen LogP contribution in [0, 0.1) is 5.41 Å². The van der Waals surface area contributed by atoms with Crippen molar-refractivity contribution in [3.05, 3.63) is 0 Å². The molecule has 0 aromatic heterocycles. The highest BCUT2D eigenvalue weighted by atomic mass is 16.4. The second kappa shape index (κ2) is 7.36. The van der Waals surface area contributed by atoms with E-state index in [0.717, 1.165) is 19.4 Å². The first kappa shape index (κ1) is 16.9. The molecular weight excluding hydrogens is 232 g/mol. The van der Waals surface area contributed by atoms with Gasteiger partial charge >= 0.3 is 5.97 Å². The van der Waals surface area contributed by atoms with Crippen molar-refractivity contribution in [1.29, 1.82) is 0 Å². The molecule has 0 aromatic rings. The van der Waals surface area contributed by atoms with Gasteiger partial charge in [-0.2, -0.15) is 0 Å². The van der Waals surface area contributed by atoms with Crippen LogP contribution in [0.25, 0.3) is 0 Å². The highest BCUT2D eigenvalue weighted by Crippen LogP contribution is 2.14. The number of aliphatic carboxylic acids is 1. The summed E-state index contributed by atoms with van der Waals surface area (Å²) in [4.78, 5) is 24.7. The smallest absolute Gasteiger partial charge is 0.318 e. The van der Waals surface area contributed by atoms with Crippen LogP contribution < -0.4 is 5.32 Å². The van der Waals surface area contributed by atoms with Gasteiger partial charge in [0.05, 0.1) is 0 Å². The number of carbonyl (C=O) groups excluding carboxylic acids is 1. The zero-order chi connectivity index (χ0) is 14.3. The molecule has 5 heteroatoms. The Balaban J connectivity index is 3.80. The SMILES string of the molecule is CC(C)N(C)CCCCNC(=O)C(C)(C)C(=O)O. The van der Waals surface area contributed by atoms with E-state index in [1.54, 1.807) is 0 Å². The third-order valence-electron chi connectivity index (χ3n) is 3.21. The molecule has 0 aliphatic carbocycles. The van der Waals surface area contributed by atoms with Gasteiger partial charge in [-0.15, -0.1) is 0 Å². The van der Waals surface area contributed by atoms with E-state index >= 15 is 0 Å². The molecule has 5 nitrogen and oxygen atoms in total. The number of rotatable bonds is 8. The van der Waals surface area contributed by atoms with Crippen LogP contribution in [0.1, 0.15) is 40.5 Å². The maximum atomic E-state index is 11.6. The van der Waals surface area contributed by atoms with Gasteiger partial charge in [-0.3, -0.25) is 9.59 Å². The van der Waals surface area contributed by atoms with E-state index in [0.29, 0.717) is 12.6 Å². The summed E-state index contributed by atoms with van der Waals surface area (Å²) < 4.78 is 0. The quantitative estimate of drug-likeness (QED) is 0.509. The lowest BCUT2D eigenvalue weighted by molar-refractivity contribution is -0.153. The van der Waals surface area contributed by atoms with Crippen molar-refractivity contribution < 1.29 is 14.7 Å². The fraction of sp³-hybridized carbons (Fsp3) is 0.846. The molecular formula is C13H26N2O3. The topological polar surface area (TPSA) is 69.6 Å². The molecule has 0 saturated heterocycles. The molecule has 0 radical (unpaired) electrons. The summed E-state index contributed by atoms with van der Waals surface area (Å²) in [6, 6.07) is 0.519. The molecule has 106 valence electrons. The minimum absolute atomic E-state index is 0.424. The van der Waals surface area contributed by atoms with Crippen LogP contribution in [0.5, 0.6) is 0 Å². The molecule has 0 heterocycles. The molecule has 0 saturated carbocycles. The number of carbonyl (C=O) groups is 2. The van der Waals surface area contributed by atoms with Gasteiger partial charge in [-0.25, -0.2) is 0 Å². The number of carboxylic acid groups (broad SMARTS) is 1. The van der Waals surface area contributed by atoms with Crippen molar-refractivity contribution in [2.45, 2.75) is 46.6 Å². The first-order chi connectivity index (χ1) is 8.19. The van der Waals surface area contributed by atoms with E-state index in [1.165, 1.54) is 13.8 Å². The number of unbranched alkanes of at least 4 members (excludes halogenated alkanes) is 1. The fourth-order valence-electron chi connectivity index (χ4n) is 1.26. The molecule has 0 unspecified atom stereocenters. The molecule has 0 bridgehead atoms. The fourth-order valence-corrected chi connectivity index (χ4v) is 1.26. The van der Waals surface area contributed by atoms with Crippen molar-refractivity contribution in [3.63, 3.8) is 0 Å². The average molecular weight is 258 g/mol. The Morgan fingerprint density at radius 3 is 2.28 bits per heavy atom. The molecule has 0 aliphatic heterocycles. The van der Waals surface area contributed by atoms with Crippen molar-refractivity contribution in [1.82, 2.24) is 10.2 Å². The predicted octanol–water partition coefficient (Wildman–Crippen LogP) is 1.33. The van der Waals surface area contributed by atoms with Crippen molar-refractivity contribution >= 4 is 11.9 Å². The van der Waals surface area contributed by atoms with Crippen LogP contribution in [0.15, 0.2) is 0 Å². The van der Waals surface area contributed by atoms with Crippen LogP contribution in [-0.2, 0) is 9.59 Å². The highest BCUT2D eigenvalue weighted by molar-refractivity contribution is 6.00. The Labute approximate surface area is 110 Å². The average Bonchev–Trinajstić information content (AvgIpc) is 2.27. The van der Waals surface area contributed by atoms with Crippen LogP contribution in [0.4, 0.5) is 0 Å². The second-order valence-corrected chi connectivity index (χ2v) is 5.47. The van der Waals surface area contributed by atoms with E-state index in [-0.39, 0.29) is 0 Å². The van der Waals surface area contributed by atoms with Crippen LogP contribution in [0.2, 0.25) is 0 Å². The minimum Gasteiger partial charge on any atom is -0.480 e. The van der Waals surface area contributed by atoms with Gasteiger partial charge in [0.25, 0.3) is 0 Å². The van der Waals surface area contributed by atoms with Gasteiger partial charge in [0, 0.05) is 12.6 Å². The first-order valence-corrected chi connectivity index (χ1v) is 6.41. The summed E-state index contributed by atoms with van der Waals surface area (Å²) in [6.45, 7) is 8.61. The summed E-state index contributed by atoms with van der Waals surface area (Å²) in [7, 11) is 2.07. The van der Waals surface area contributed by atoms with E-state index in [2.05, 4.69) is 31.1 Å². The zero-order valence-corrected chi connectivity index (χ0v) is 12.1. The zero-order valence-electron chi connectivity index (χ0n) is 12.1. The number of amides is 1. The lowest BCUT2D eigenvalue weighted by atomic mass is 9.93. The highest BCUT2D eigenvalue weighted by Gasteiger charge is 2.35. The lowest BCUT2D eigenvalue weighted by Gasteiger charge is -2.21. The van der Waals surface area contributed by atoms with E-state index in [1.807, 2.05) is 0 Å². The Bertz CT molecular complexity index is 288. The van der Waals surface area contributed by atoms with Gasteiger partial charge in [0.2, 0.25) is 5.91 Å². The number of hydrogen-bond donors (Lipinski definition) is 2. The molecule has 2 N–H and O–H groups in total. The maximum absolute atomic E-state index is 11.6.